The van der Waals surface area contributed by atoms with Gasteiger partial charge in [-0.15, -0.1) is 0 Å². The molecule has 2 aliphatic rings. The summed E-state index contributed by atoms with van der Waals surface area (Å²) < 4.78 is 93.9. The van der Waals surface area contributed by atoms with Crippen LogP contribution in [0.5, 0.6) is 11.5 Å². The fraction of sp³-hybridized carbons (Fsp3) is 0.455. The second-order valence-electron chi connectivity index (χ2n) is 22.6. The predicted octanol–water partition coefficient (Wildman–Crippen LogP) is 5.57. The molecule has 500 valence electrons. The first kappa shape index (κ1) is 74.1. The van der Waals surface area contributed by atoms with Gasteiger partial charge in [0.1, 0.15) is 61.5 Å². The second kappa shape index (κ2) is 37.6. The summed E-state index contributed by atoms with van der Waals surface area (Å²) in [4.78, 5) is 98.6. The average molecular weight is 1290 g/mol. The number of hydrogen-bond acceptors (Lipinski definition) is 13. The standard InChI is InChI=1S/C33H40F3N5O4.C29H38F3N5O4.C4H6O2/c1-22(2)29-32(44)39-27(21-41-16-5-6-17-41)30(42)38-14-8-11-24-10-3-4-13-28(24)45-18-15-37-26(31(43)40-29)20-23-9-7-12-25(19-23)33(34,35)36;1-18(2)25-28(40)36-23(17-33)26(38)35-12-6-9-20-8-3-4-11-24(20)41-14-13-34-22(27(39)37-25)16-19-7-5-10-21(15-19)29(30,31)32;5-3-1-2-4-6/h3-7,9-10,12-13,16-17,19,22,26-27,29,37H,8,11,14-15,18,20-21H2,1-2H3,(H,38,42)(H,39,44)(H,40,43);3-5,7-8,10-11,15,18,22-23,25,34H,6,9,12-14,16-17,33H2,1-2H3,(H,35,38)(H,36,40)(H,37,39);3-4H,1-2H2/t26-,27+,29-;22-,23+,25-;/m11./s1. The number of aldehydes is 2. The van der Waals surface area contributed by atoms with Gasteiger partial charge in [0.25, 0.3) is 0 Å². The van der Waals surface area contributed by atoms with E-state index >= 15 is 0 Å². The van der Waals surface area contributed by atoms with Crippen LogP contribution in [0.25, 0.3) is 0 Å². The van der Waals surface area contributed by atoms with Crippen LogP contribution >= 0.6 is 0 Å². The van der Waals surface area contributed by atoms with Gasteiger partial charge in [-0.25, -0.2) is 0 Å². The summed E-state index contributed by atoms with van der Waals surface area (Å²) in [6.07, 6.45) is -0.903. The van der Waals surface area contributed by atoms with Crippen molar-refractivity contribution in [1.82, 2.24) is 47.1 Å². The normalized spacial score (nSPS) is 20.5. The Bertz CT molecular complexity index is 3160. The minimum Gasteiger partial charge on any atom is -0.492 e. The third kappa shape index (κ3) is 24.9. The van der Waals surface area contributed by atoms with E-state index in [0.717, 1.165) is 48.0 Å². The molecule has 2 aliphatic heterocycles. The number of nitrogens with zero attached hydrogens (tertiary/aromatic N) is 1. The van der Waals surface area contributed by atoms with Crippen LogP contribution < -0.4 is 57.7 Å². The summed E-state index contributed by atoms with van der Waals surface area (Å²) in [6.45, 7) is 8.58. The fourth-order valence-electron chi connectivity index (χ4n) is 9.82. The molecular formula is C66H84F6N10O10. The molecule has 0 aliphatic carbocycles. The van der Waals surface area contributed by atoms with E-state index in [1.54, 1.807) is 44.7 Å². The van der Waals surface area contributed by atoms with E-state index in [9.17, 15) is 64.7 Å². The molecule has 10 N–H and O–H groups in total. The lowest BCUT2D eigenvalue weighted by molar-refractivity contribution is -0.138. The Balaban J connectivity index is 0.000000308. The van der Waals surface area contributed by atoms with Gasteiger partial charge in [-0.2, -0.15) is 26.3 Å². The third-order valence-corrected chi connectivity index (χ3v) is 14.8. The van der Waals surface area contributed by atoms with Gasteiger partial charge in [-0.3, -0.25) is 28.8 Å². The molecule has 0 saturated carbocycles. The van der Waals surface area contributed by atoms with Crippen molar-refractivity contribution in [3.8, 4) is 11.5 Å². The molecule has 92 heavy (non-hydrogen) atoms. The summed E-state index contributed by atoms with van der Waals surface area (Å²) in [5, 5.41) is 22.8. The van der Waals surface area contributed by atoms with Crippen LogP contribution in [0, 0.1) is 11.8 Å². The molecule has 0 fully saturated rings. The number of aromatic nitrogens is 1. The Morgan fingerprint density at radius 2 is 0.924 bits per heavy atom. The zero-order valence-corrected chi connectivity index (χ0v) is 52.0. The van der Waals surface area contributed by atoms with Gasteiger partial charge in [0, 0.05) is 58.0 Å². The van der Waals surface area contributed by atoms with Gasteiger partial charge in [-0.05, 0) is 109 Å². The highest BCUT2D eigenvalue weighted by molar-refractivity contribution is 5.94. The highest BCUT2D eigenvalue weighted by Crippen LogP contribution is 2.31. The lowest BCUT2D eigenvalue weighted by Crippen LogP contribution is -2.59. The number of unbranched alkanes of at least 4 members (excludes halogenated alkanes) is 1. The minimum atomic E-state index is -4.53. The molecule has 6 atom stereocenters. The summed E-state index contributed by atoms with van der Waals surface area (Å²) in [5.41, 5.74) is 6.62. The largest absolute Gasteiger partial charge is 0.492 e. The fourth-order valence-corrected chi connectivity index (χ4v) is 9.82. The number of fused-ring (bicyclic) bond motifs is 2. The van der Waals surface area contributed by atoms with E-state index in [4.69, 9.17) is 15.2 Å². The van der Waals surface area contributed by atoms with Crippen molar-refractivity contribution in [2.45, 2.75) is 134 Å². The van der Waals surface area contributed by atoms with Crippen molar-refractivity contribution in [3.05, 3.63) is 155 Å². The number of nitrogens with one attached hydrogen (secondary N) is 8. The Morgan fingerprint density at radius 3 is 1.33 bits per heavy atom. The first-order valence-electron chi connectivity index (χ1n) is 30.6. The quantitative estimate of drug-likeness (QED) is 0.0420. The molecule has 26 heteroatoms. The maximum absolute atomic E-state index is 13.7. The summed E-state index contributed by atoms with van der Waals surface area (Å²) in [7, 11) is 0. The molecule has 0 radical (unpaired) electrons. The highest BCUT2D eigenvalue weighted by atomic mass is 19.4. The van der Waals surface area contributed by atoms with Crippen LogP contribution in [-0.2, 0) is 82.9 Å². The number of aryl methyl sites for hydroxylation is 2. The monoisotopic (exact) mass is 1290 g/mol. The molecule has 3 heterocycles. The molecule has 1 aromatic heterocycles. The topological polar surface area (TPSA) is 282 Å². The Kier molecular flexibility index (Phi) is 30.3. The predicted molar refractivity (Wildman–Crippen MR) is 333 cm³/mol. The van der Waals surface area contributed by atoms with Gasteiger partial charge in [0.05, 0.1) is 29.8 Å². The molecule has 0 saturated heterocycles. The lowest BCUT2D eigenvalue weighted by atomic mass is 9.99. The van der Waals surface area contributed by atoms with Crippen LogP contribution in [0.2, 0.25) is 0 Å². The zero-order valence-electron chi connectivity index (χ0n) is 52.0. The van der Waals surface area contributed by atoms with E-state index in [0.29, 0.717) is 74.2 Å². The second-order valence-corrected chi connectivity index (χ2v) is 22.6. The van der Waals surface area contributed by atoms with Crippen LogP contribution in [-0.4, -0.2) is 135 Å². The van der Waals surface area contributed by atoms with Gasteiger partial charge in [-0.1, -0.05) is 100 Å². The summed E-state index contributed by atoms with van der Waals surface area (Å²) in [5.74, 6) is -2.46. The minimum absolute atomic E-state index is 0.0581. The van der Waals surface area contributed by atoms with Crippen molar-refractivity contribution in [1.29, 1.82) is 0 Å². The van der Waals surface area contributed by atoms with Crippen molar-refractivity contribution >= 4 is 48.0 Å². The Morgan fingerprint density at radius 1 is 0.511 bits per heavy atom. The van der Waals surface area contributed by atoms with E-state index in [1.165, 1.54) is 24.3 Å². The summed E-state index contributed by atoms with van der Waals surface area (Å²) >= 11 is 0. The van der Waals surface area contributed by atoms with Crippen LogP contribution in [0.4, 0.5) is 26.3 Å². The van der Waals surface area contributed by atoms with E-state index in [2.05, 4.69) is 42.5 Å². The average Bonchev–Trinajstić information content (AvgIpc) is 1.56. The lowest BCUT2D eigenvalue weighted by Gasteiger charge is -2.28. The molecular weight excluding hydrogens is 1210 g/mol. The van der Waals surface area contributed by atoms with E-state index in [1.807, 2.05) is 60.7 Å². The summed E-state index contributed by atoms with van der Waals surface area (Å²) in [6, 6.07) is 22.3. The number of halogens is 6. The van der Waals surface area contributed by atoms with Gasteiger partial charge >= 0.3 is 12.4 Å². The van der Waals surface area contributed by atoms with Gasteiger partial charge in [0.15, 0.2) is 0 Å². The molecule has 7 rings (SSSR count). The third-order valence-electron chi connectivity index (χ3n) is 14.8. The van der Waals surface area contributed by atoms with Crippen molar-refractivity contribution in [2.24, 2.45) is 17.6 Å². The zero-order chi connectivity index (χ0) is 67.2. The smallest absolute Gasteiger partial charge is 0.416 e. The number of alkyl halides is 6. The number of para-hydroxylation sites is 2. The number of benzene rings is 4. The van der Waals surface area contributed by atoms with Crippen molar-refractivity contribution < 1.29 is 74.2 Å². The number of rotatable bonds is 12. The molecule has 4 aromatic carbocycles. The van der Waals surface area contributed by atoms with E-state index < -0.39 is 89.3 Å². The Hall–Kier alpha value is -8.62. The number of carbonyl (C=O) groups is 8. The number of nitrogens with two attached hydrogens (primary N) is 1. The van der Waals surface area contributed by atoms with Crippen molar-refractivity contribution in [3.63, 3.8) is 0 Å². The molecule has 0 unspecified atom stereocenters. The van der Waals surface area contributed by atoms with Crippen LogP contribution in [0.3, 0.4) is 0 Å². The van der Waals surface area contributed by atoms with E-state index in [-0.39, 0.29) is 70.0 Å². The number of hydrogen-bond donors (Lipinski definition) is 9. The Labute approximate surface area is 531 Å². The molecule has 6 amide bonds. The number of ether oxygens (including phenoxy) is 2. The molecule has 5 aromatic rings. The first-order chi connectivity index (χ1) is 43.9. The van der Waals surface area contributed by atoms with Crippen LogP contribution in [0.1, 0.15) is 86.8 Å². The molecule has 20 nitrogen and oxygen atoms in total. The first-order valence-corrected chi connectivity index (χ1v) is 30.6. The maximum atomic E-state index is 13.7. The molecule has 0 spiro atoms. The van der Waals surface area contributed by atoms with Gasteiger partial charge in [0.2, 0.25) is 35.4 Å². The maximum Gasteiger partial charge on any atom is 0.416 e. The van der Waals surface area contributed by atoms with Gasteiger partial charge < -0.3 is 71.9 Å². The highest BCUT2D eigenvalue weighted by Gasteiger charge is 2.35. The SMILES string of the molecule is CC(C)[C@H]1NC(=O)[C@@H](Cc2cccc(C(F)(F)F)c2)NCCOc2ccccc2CCCNC(=O)[C@H](CN)NC1=O.CC(C)[C@H]1NC(=O)[C@@H](Cc2cccc(C(F)(F)F)c2)NCCOc2ccccc2CCCNC(=O)[C@H](Cn2cccc2)NC1=O.O=CCCC=O. The number of carbonyl (C=O) groups excluding carboxylic acids is 8. The molecule has 0 bridgehead atoms. The van der Waals surface area contributed by atoms with Crippen molar-refractivity contribution in [2.75, 3.05) is 45.9 Å². The number of amides is 6. The van der Waals surface area contributed by atoms with Crippen LogP contribution in [0.15, 0.2) is 122 Å².